The van der Waals surface area contributed by atoms with E-state index in [2.05, 4.69) is 11.8 Å². The highest BCUT2D eigenvalue weighted by atomic mass is 16.3. The second kappa shape index (κ2) is 4.35. The third-order valence-corrected chi connectivity index (χ3v) is 1.67. The van der Waals surface area contributed by atoms with Gasteiger partial charge < -0.3 is 5.11 Å². The van der Waals surface area contributed by atoms with Gasteiger partial charge in [-0.05, 0) is 12.8 Å². The molecule has 0 aromatic heterocycles. The summed E-state index contributed by atoms with van der Waals surface area (Å²) < 4.78 is 0. The van der Waals surface area contributed by atoms with E-state index < -0.39 is 5.60 Å². The molecule has 0 saturated heterocycles. The molecule has 0 fully saturated rings. The van der Waals surface area contributed by atoms with E-state index in [9.17, 15) is 5.11 Å². The molecule has 0 spiro atoms. The Kier molecular flexibility index (Phi) is 4.14. The van der Waals surface area contributed by atoms with Crippen molar-refractivity contribution in [1.82, 2.24) is 0 Å². The molecular weight excluding hydrogens is 124 g/mol. The summed E-state index contributed by atoms with van der Waals surface area (Å²) in [5, 5.41) is 9.59. The quantitative estimate of drug-likeness (QED) is 0.581. The van der Waals surface area contributed by atoms with E-state index in [0.29, 0.717) is 0 Å². The molecule has 1 nitrogen and oxygen atoms in total. The van der Waals surface area contributed by atoms with Crippen LogP contribution in [0.2, 0.25) is 0 Å². The van der Waals surface area contributed by atoms with Crippen LogP contribution >= 0.6 is 0 Å². The van der Waals surface area contributed by atoms with Crippen LogP contribution in [-0.4, -0.2) is 10.7 Å². The van der Waals surface area contributed by atoms with E-state index in [-0.39, 0.29) is 0 Å². The van der Waals surface area contributed by atoms with Crippen molar-refractivity contribution in [2.24, 2.45) is 0 Å². The van der Waals surface area contributed by atoms with Gasteiger partial charge in [0.15, 0.2) is 0 Å². The Morgan fingerprint density at radius 1 is 1.20 bits per heavy atom. The van der Waals surface area contributed by atoms with Crippen LogP contribution in [0, 0.1) is 11.8 Å². The average molecular weight is 140 g/mol. The molecule has 1 heteroatoms. The second-order valence-corrected chi connectivity index (χ2v) is 2.39. The molecule has 0 amide bonds. The molecular formula is C9H16O. The third-order valence-electron chi connectivity index (χ3n) is 1.67. The largest absolute Gasteiger partial charge is 0.378 e. The van der Waals surface area contributed by atoms with Gasteiger partial charge in [-0.2, -0.15) is 0 Å². The number of hydrogen-bond donors (Lipinski definition) is 1. The molecule has 1 N–H and O–H groups in total. The van der Waals surface area contributed by atoms with Crippen LogP contribution in [0.25, 0.3) is 0 Å². The van der Waals surface area contributed by atoms with E-state index >= 15 is 0 Å². The molecule has 0 aromatic rings. The molecule has 58 valence electrons. The fraction of sp³-hybridized carbons (Fsp3) is 0.778. The molecule has 0 radical (unpaired) electrons. The maximum atomic E-state index is 9.59. The van der Waals surface area contributed by atoms with Crippen molar-refractivity contribution in [3.63, 3.8) is 0 Å². The maximum absolute atomic E-state index is 9.59. The van der Waals surface area contributed by atoms with Crippen LogP contribution in [0.1, 0.15) is 40.0 Å². The van der Waals surface area contributed by atoms with Crippen LogP contribution in [-0.2, 0) is 0 Å². The zero-order chi connectivity index (χ0) is 8.04. The molecule has 0 bridgehead atoms. The molecule has 0 aliphatic rings. The SMILES string of the molecule is CCC#CC(O)(CC)CC. The van der Waals surface area contributed by atoms with E-state index in [1.54, 1.807) is 0 Å². The Bertz CT molecular complexity index is 135. The molecule has 0 atom stereocenters. The second-order valence-electron chi connectivity index (χ2n) is 2.39. The van der Waals surface area contributed by atoms with Gasteiger partial charge in [-0.1, -0.05) is 26.7 Å². The summed E-state index contributed by atoms with van der Waals surface area (Å²) in [5.74, 6) is 5.74. The average Bonchev–Trinajstić information content (AvgIpc) is 2.00. The van der Waals surface area contributed by atoms with E-state index in [1.165, 1.54) is 0 Å². The van der Waals surface area contributed by atoms with Gasteiger partial charge in [0.2, 0.25) is 0 Å². The lowest BCUT2D eigenvalue weighted by Gasteiger charge is -2.16. The zero-order valence-corrected chi connectivity index (χ0v) is 7.07. The summed E-state index contributed by atoms with van der Waals surface area (Å²) in [4.78, 5) is 0. The summed E-state index contributed by atoms with van der Waals surface area (Å²) in [6.07, 6.45) is 2.26. The Labute approximate surface area is 63.5 Å². The topological polar surface area (TPSA) is 20.2 Å². The Morgan fingerprint density at radius 3 is 2.00 bits per heavy atom. The molecule has 0 aliphatic heterocycles. The minimum atomic E-state index is -0.726. The highest BCUT2D eigenvalue weighted by Crippen LogP contribution is 2.12. The lowest BCUT2D eigenvalue weighted by molar-refractivity contribution is 0.0930. The fourth-order valence-corrected chi connectivity index (χ4v) is 0.680. The highest BCUT2D eigenvalue weighted by Gasteiger charge is 2.17. The number of hydrogen-bond acceptors (Lipinski definition) is 1. The number of aliphatic hydroxyl groups is 1. The van der Waals surface area contributed by atoms with Crippen molar-refractivity contribution < 1.29 is 5.11 Å². The first-order valence-corrected chi connectivity index (χ1v) is 3.91. The van der Waals surface area contributed by atoms with Crippen molar-refractivity contribution in [1.29, 1.82) is 0 Å². The summed E-state index contributed by atoms with van der Waals surface area (Å²) in [6, 6.07) is 0. The van der Waals surface area contributed by atoms with Gasteiger partial charge in [-0.15, -0.1) is 5.92 Å². The minimum Gasteiger partial charge on any atom is -0.378 e. The van der Waals surface area contributed by atoms with Crippen LogP contribution in [0.15, 0.2) is 0 Å². The van der Waals surface area contributed by atoms with Crippen LogP contribution < -0.4 is 0 Å². The standard InChI is InChI=1S/C9H16O/c1-4-7-8-9(10,5-2)6-3/h10H,4-6H2,1-3H3. The Balaban J connectivity index is 4.05. The van der Waals surface area contributed by atoms with Crippen LogP contribution in [0.3, 0.4) is 0 Å². The Hall–Kier alpha value is -0.480. The molecule has 0 saturated carbocycles. The predicted molar refractivity (Wildman–Crippen MR) is 43.6 cm³/mol. The molecule has 0 unspecified atom stereocenters. The van der Waals surface area contributed by atoms with Gasteiger partial charge in [0.05, 0.1) is 0 Å². The van der Waals surface area contributed by atoms with Gasteiger partial charge in [-0.25, -0.2) is 0 Å². The summed E-state index contributed by atoms with van der Waals surface area (Å²) >= 11 is 0. The molecule has 0 rings (SSSR count). The Morgan fingerprint density at radius 2 is 1.70 bits per heavy atom. The lowest BCUT2D eigenvalue weighted by Crippen LogP contribution is -2.23. The van der Waals surface area contributed by atoms with E-state index in [0.717, 1.165) is 19.3 Å². The first-order chi connectivity index (χ1) is 4.68. The number of rotatable bonds is 2. The van der Waals surface area contributed by atoms with Crippen LogP contribution in [0.4, 0.5) is 0 Å². The van der Waals surface area contributed by atoms with Gasteiger partial charge in [-0.3, -0.25) is 0 Å². The van der Waals surface area contributed by atoms with Crippen molar-refractivity contribution in [3.8, 4) is 11.8 Å². The summed E-state index contributed by atoms with van der Waals surface area (Å²) in [6.45, 7) is 5.89. The summed E-state index contributed by atoms with van der Waals surface area (Å²) in [7, 11) is 0. The van der Waals surface area contributed by atoms with Gasteiger partial charge in [0.1, 0.15) is 5.60 Å². The monoisotopic (exact) mass is 140 g/mol. The molecule has 0 heterocycles. The smallest absolute Gasteiger partial charge is 0.125 e. The van der Waals surface area contributed by atoms with Gasteiger partial charge in [0, 0.05) is 6.42 Å². The minimum absolute atomic E-state index is 0.719. The van der Waals surface area contributed by atoms with Gasteiger partial charge in [0.25, 0.3) is 0 Å². The normalized spacial score (nSPS) is 10.4. The zero-order valence-electron chi connectivity index (χ0n) is 7.07. The molecule has 0 aromatic carbocycles. The van der Waals surface area contributed by atoms with Gasteiger partial charge >= 0.3 is 0 Å². The fourth-order valence-electron chi connectivity index (χ4n) is 0.680. The maximum Gasteiger partial charge on any atom is 0.125 e. The predicted octanol–water partition coefficient (Wildman–Crippen LogP) is 1.95. The first kappa shape index (κ1) is 9.52. The van der Waals surface area contributed by atoms with E-state index in [1.807, 2.05) is 20.8 Å². The first-order valence-electron chi connectivity index (χ1n) is 3.91. The van der Waals surface area contributed by atoms with Crippen LogP contribution in [0.5, 0.6) is 0 Å². The van der Waals surface area contributed by atoms with Crippen molar-refractivity contribution in [3.05, 3.63) is 0 Å². The highest BCUT2D eigenvalue weighted by molar-refractivity contribution is 5.12. The molecule has 0 aliphatic carbocycles. The van der Waals surface area contributed by atoms with Crippen molar-refractivity contribution >= 4 is 0 Å². The third kappa shape index (κ3) is 2.89. The van der Waals surface area contributed by atoms with E-state index in [4.69, 9.17) is 0 Å². The summed E-state index contributed by atoms with van der Waals surface area (Å²) in [5.41, 5.74) is -0.726. The van der Waals surface area contributed by atoms with Crippen molar-refractivity contribution in [2.45, 2.75) is 45.6 Å². The van der Waals surface area contributed by atoms with Crippen molar-refractivity contribution in [2.75, 3.05) is 0 Å². The lowest BCUT2D eigenvalue weighted by atomic mass is 9.98. The molecule has 10 heavy (non-hydrogen) atoms.